The van der Waals surface area contributed by atoms with Crippen LogP contribution in [0, 0.1) is 0 Å². The second-order valence-corrected chi connectivity index (χ2v) is 5.29. The molecule has 2 nitrogen and oxygen atoms in total. The van der Waals surface area contributed by atoms with Crippen molar-refractivity contribution < 1.29 is 9.53 Å². The molecule has 0 radical (unpaired) electrons. The number of carbonyl (C=O) groups excluding carboxylic acids is 1. The maximum absolute atomic E-state index is 10.9. The lowest BCUT2D eigenvalue weighted by atomic mass is 10.0. The van der Waals surface area contributed by atoms with Crippen LogP contribution in [0.15, 0.2) is 12.7 Å². The fourth-order valence-corrected chi connectivity index (χ4v) is 2.25. The zero-order valence-corrected chi connectivity index (χ0v) is 12.8. The third-order valence-electron chi connectivity index (χ3n) is 3.52. The summed E-state index contributed by atoms with van der Waals surface area (Å²) in [4.78, 5) is 10.9. The van der Waals surface area contributed by atoms with Gasteiger partial charge in [-0.25, -0.2) is 0 Å². The van der Waals surface area contributed by atoms with E-state index in [1.54, 1.807) is 0 Å². The first-order valence-electron chi connectivity index (χ1n) is 7.99. The van der Waals surface area contributed by atoms with Gasteiger partial charge in [0.05, 0.1) is 7.11 Å². The maximum atomic E-state index is 10.9. The van der Waals surface area contributed by atoms with Gasteiger partial charge in [0, 0.05) is 6.42 Å². The Hall–Kier alpha value is -0.790. The van der Waals surface area contributed by atoms with E-state index in [-0.39, 0.29) is 5.97 Å². The summed E-state index contributed by atoms with van der Waals surface area (Å²) in [6.07, 6.45) is 18.0. The van der Waals surface area contributed by atoms with E-state index in [1.165, 1.54) is 71.3 Å². The molecule has 112 valence electrons. The van der Waals surface area contributed by atoms with Crippen molar-refractivity contribution >= 4 is 5.97 Å². The third kappa shape index (κ3) is 15.2. The second-order valence-electron chi connectivity index (χ2n) is 5.29. The smallest absolute Gasteiger partial charge is 0.305 e. The van der Waals surface area contributed by atoms with Crippen molar-refractivity contribution in [2.24, 2.45) is 0 Å². The van der Waals surface area contributed by atoms with Crippen LogP contribution in [-0.2, 0) is 9.53 Å². The van der Waals surface area contributed by atoms with Crippen LogP contribution in [-0.4, -0.2) is 13.1 Å². The van der Waals surface area contributed by atoms with E-state index >= 15 is 0 Å². The minimum atomic E-state index is -0.0727. The van der Waals surface area contributed by atoms with Crippen molar-refractivity contribution in [2.75, 3.05) is 7.11 Å². The first-order valence-corrected chi connectivity index (χ1v) is 7.99. The molecule has 0 fully saturated rings. The molecule has 0 aliphatic heterocycles. The first kappa shape index (κ1) is 18.2. The molecule has 0 bridgehead atoms. The minimum absolute atomic E-state index is 0.0727. The molecule has 0 rings (SSSR count). The maximum Gasteiger partial charge on any atom is 0.305 e. The van der Waals surface area contributed by atoms with E-state index in [0.717, 1.165) is 12.8 Å². The Kier molecular flexibility index (Phi) is 14.6. The number of hydrogen-bond acceptors (Lipinski definition) is 2. The molecule has 0 aromatic carbocycles. The van der Waals surface area contributed by atoms with Gasteiger partial charge in [0.2, 0.25) is 0 Å². The molecule has 0 aromatic heterocycles. The van der Waals surface area contributed by atoms with E-state index in [9.17, 15) is 4.79 Å². The predicted octanol–water partition coefficient (Wildman–Crippen LogP) is 5.42. The molecule has 0 N–H and O–H groups in total. The summed E-state index contributed by atoms with van der Waals surface area (Å²) < 4.78 is 4.61. The van der Waals surface area contributed by atoms with Gasteiger partial charge in [0.1, 0.15) is 0 Å². The summed E-state index contributed by atoms with van der Waals surface area (Å²) >= 11 is 0. The summed E-state index contributed by atoms with van der Waals surface area (Å²) in [5.41, 5.74) is 0. The highest BCUT2D eigenvalue weighted by Gasteiger charge is 1.99. The van der Waals surface area contributed by atoms with Crippen LogP contribution in [0.3, 0.4) is 0 Å². The number of rotatable bonds is 14. The van der Waals surface area contributed by atoms with Crippen LogP contribution in [0.25, 0.3) is 0 Å². The lowest BCUT2D eigenvalue weighted by Gasteiger charge is -2.02. The van der Waals surface area contributed by atoms with Crippen LogP contribution in [0.5, 0.6) is 0 Å². The van der Waals surface area contributed by atoms with Crippen LogP contribution in [0.4, 0.5) is 0 Å². The summed E-state index contributed by atoms with van der Waals surface area (Å²) in [6, 6.07) is 0. The van der Waals surface area contributed by atoms with Gasteiger partial charge < -0.3 is 4.74 Å². The van der Waals surface area contributed by atoms with Crippen molar-refractivity contribution in [3.8, 4) is 0 Å². The van der Waals surface area contributed by atoms with Crippen LogP contribution in [0.2, 0.25) is 0 Å². The largest absolute Gasteiger partial charge is 0.469 e. The molecule has 0 spiro atoms. The van der Waals surface area contributed by atoms with Gasteiger partial charge in [-0.05, 0) is 19.3 Å². The van der Waals surface area contributed by atoms with Gasteiger partial charge in [0.15, 0.2) is 0 Å². The van der Waals surface area contributed by atoms with Crippen molar-refractivity contribution in [2.45, 2.75) is 83.5 Å². The number of allylic oxidation sites excluding steroid dienone is 1. The van der Waals surface area contributed by atoms with E-state index in [0.29, 0.717) is 6.42 Å². The molecule has 0 heterocycles. The van der Waals surface area contributed by atoms with E-state index in [4.69, 9.17) is 0 Å². The van der Waals surface area contributed by atoms with E-state index in [2.05, 4.69) is 11.3 Å². The topological polar surface area (TPSA) is 26.3 Å². The highest BCUT2D eigenvalue weighted by atomic mass is 16.5. The van der Waals surface area contributed by atoms with Crippen molar-refractivity contribution in [3.63, 3.8) is 0 Å². The average Bonchev–Trinajstić information content (AvgIpc) is 2.43. The normalized spacial score (nSPS) is 10.4. The third-order valence-corrected chi connectivity index (χ3v) is 3.52. The molecular formula is C17H32O2. The number of esters is 1. The number of unbranched alkanes of at least 4 members (excludes halogenated alkanes) is 11. The highest BCUT2D eigenvalue weighted by Crippen LogP contribution is 2.12. The monoisotopic (exact) mass is 268 g/mol. The molecule has 0 saturated heterocycles. The Morgan fingerprint density at radius 1 is 0.842 bits per heavy atom. The standard InChI is InChI=1S/C17H32O2/c1-3-4-5-6-7-8-9-10-11-12-13-14-15-16-17(18)19-2/h3H,1,4-16H2,2H3. The van der Waals surface area contributed by atoms with Gasteiger partial charge in [-0.2, -0.15) is 0 Å². The van der Waals surface area contributed by atoms with Gasteiger partial charge in [-0.15, -0.1) is 6.58 Å². The van der Waals surface area contributed by atoms with Crippen LogP contribution in [0.1, 0.15) is 83.5 Å². The number of hydrogen-bond donors (Lipinski definition) is 0. The Bertz CT molecular complexity index is 211. The van der Waals surface area contributed by atoms with Gasteiger partial charge >= 0.3 is 5.97 Å². The lowest BCUT2D eigenvalue weighted by molar-refractivity contribution is -0.140. The molecule has 0 unspecified atom stereocenters. The van der Waals surface area contributed by atoms with E-state index < -0.39 is 0 Å². The molecule has 0 saturated carbocycles. The van der Waals surface area contributed by atoms with Gasteiger partial charge in [-0.3, -0.25) is 4.79 Å². The zero-order valence-electron chi connectivity index (χ0n) is 12.8. The zero-order chi connectivity index (χ0) is 14.2. The quantitative estimate of drug-likeness (QED) is 0.239. The summed E-state index contributed by atoms with van der Waals surface area (Å²) in [5.74, 6) is -0.0727. The Morgan fingerprint density at radius 3 is 1.68 bits per heavy atom. The summed E-state index contributed by atoms with van der Waals surface area (Å²) in [5, 5.41) is 0. The van der Waals surface area contributed by atoms with E-state index in [1.807, 2.05) is 6.08 Å². The molecule has 0 aliphatic rings. The van der Waals surface area contributed by atoms with Crippen LogP contribution < -0.4 is 0 Å². The minimum Gasteiger partial charge on any atom is -0.469 e. The molecule has 0 aromatic rings. The van der Waals surface area contributed by atoms with Gasteiger partial charge in [0.25, 0.3) is 0 Å². The fourth-order valence-electron chi connectivity index (χ4n) is 2.25. The van der Waals surface area contributed by atoms with Crippen molar-refractivity contribution in [1.29, 1.82) is 0 Å². The van der Waals surface area contributed by atoms with Crippen molar-refractivity contribution in [1.82, 2.24) is 0 Å². The molecule has 2 heteroatoms. The lowest BCUT2D eigenvalue weighted by Crippen LogP contribution is -1.99. The Balaban J connectivity index is 2.99. The Labute approximate surface area is 119 Å². The molecule has 0 amide bonds. The van der Waals surface area contributed by atoms with Gasteiger partial charge in [-0.1, -0.05) is 63.9 Å². The van der Waals surface area contributed by atoms with Crippen LogP contribution >= 0.6 is 0 Å². The van der Waals surface area contributed by atoms with Crippen molar-refractivity contribution in [3.05, 3.63) is 12.7 Å². The SMILES string of the molecule is C=CCCCCCCCCCCCCCC(=O)OC. The fraction of sp³-hybridized carbons (Fsp3) is 0.824. The highest BCUT2D eigenvalue weighted by molar-refractivity contribution is 5.68. The second kappa shape index (κ2) is 15.3. The molecular weight excluding hydrogens is 236 g/mol. The average molecular weight is 268 g/mol. The Morgan fingerprint density at radius 2 is 1.26 bits per heavy atom. The number of ether oxygens (including phenoxy) is 1. The summed E-state index contributed by atoms with van der Waals surface area (Å²) in [7, 11) is 1.46. The molecule has 19 heavy (non-hydrogen) atoms. The number of methoxy groups -OCH3 is 1. The summed E-state index contributed by atoms with van der Waals surface area (Å²) in [6.45, 7) is 3.74. The predicted molar refractivity (Wildman–Crippen MR) is 82.2 cm³/mol. The number of carbonyl (C=O) groups is 1. The first-order chi connectivity index (χ1) is 9.31. The molecule has 0 atom stereocenters. The molecule has 0 aliphatic carbocycles.